The number of anilines is 2. The third kappa shape index (κ3) is 4.53. The molecule has 1 aromatic carbocycles. The predicted molar refractivity (Wildman–Crippen MR) is 93.9 cm³/mol. The number of aromatic nitrogens is 2. The van der Waals surface area contributed by atoms with E-state index in [9.17, 15) is 4.79 Å². The average molecular weight is 323 g/mol. The maximum Gasteiger partial charge on any atom is 0.276 e. The normalized spacial score (nSPS) is 10.0. The summed E-state index contributed by atoms with van der Waals surface area (Å²) in [5.74, 6) is 0.434. The maximum atomic E-state index is 12.2. The van der Waals surface area contributed by atoms with Crippen LogP contribution >= 0.6 is 0 Å². The van der Waals surface area contributed by atoms with E-state index >= 15 is 0 Å². The highest BCUT2D eigenvalue weighted by molar-refractivity contribution is 6.02. The van der Waals surface area contributed by atoms with Crippen LogP contribution in [0.1, 0.15) is 42.7 Å². The quantitative estimate of drug-likeness (QED) is 0.846. The Hall–Kier alpha value is -2.94. The molecule has 2 aromatic rings. The average Bonchev–Trinajstić information content (AvgIpc) is 2.62. The van der Waals surface area contributed by atoms with Crippen molar-refractivity contribution in [2.24, 2.45) is 0 Å². The van der Waals surface area contributed by atoms with E-state index in [2.05, 4.69) is 34.3 Å². The Balaban J connectivity index is 2.09. The zero-order valence-electron chi connectivity index (χ0n) is 14.0. The van der Waals surface area contributed by atoms with Gasteiger partial charge in [0, 0.05) is 18.8 Å². The number of nitrogens with zero attached hydrogens (tertiary/aromatic N) is 4. The maximum absolute atomic E-state index is 12.2. The van der Waals surface area contributed by atoms with Crippen LogP contribution in [0.4, 0.5) is 11.5 Å². The van der Waals surface area contributed by atoms with E-state index in [0.29, 0.717) is 11.3 Å². The smallest absolute Gasteiger partial charge is 0.276 e. The number of nitriles is 1. The summed E-state index contributed by atoms with van der Waals surface area (Å²) in [6.07, 6.45) is 2.05. The number of hydrogen-bond acceptors (Lipinski definition) is 5. The number of hydrogen-bond donors (Lipinski definition) is 1. The zero-order valence-corrected chi connectivity index (χ0v) is 14.0. The Morgan fingerprint density at radius 3 is 2.50 bits per heavy atom. The van der Waals surface area contributed by atoms with Crippen molar-refractivity contribution in [3.63, 3.8) is 0 Å². The highest BCUT2D eigenvalue weighted by Crippen LogP contribution is 2.13. The molecule has 24 heavy (non-hydrogen) atoms. The molecule has 0 aliphatic heterocycles. The van der Waals surface area contributed by atoms with Crippen molar-refractivity contribution >= 4 is 17.4 Å². The summed E-state index contributed by atoms with van der Waals surface area (Å²) >= 11 is 0. The van der Waals surface area contributed by atoms with Gasteiger partial charge in [0.2, 0.25) is 0 Å². The molecule has 0 atom stereocenters. The Morgan fingerprint density at radius 2 is 1.92 bits per heavy atom. The number of carbonyl (C=O) groups is 1. The fraction of sp³-hybridized carbons (Fsp3) is 0.333. The Bertz CT molecular complexity index is 715. The molecule has 124 valence electrons. The zero-order chi connectivity index (χ0) is 17.4. The number of rotatable bonds is 7. The molecule has 0 aliphatic carbocycles. The highest BCUT2D eigenvalue weighted by Gasteiger charge is 2.11. The van der Waals surface area contributed by atoms with Gasteiger partial charge in [0.25, 0.3) is 5.91 Å². The van der Waals surface area contributed by atoms with E-state index in [0.717, 1.165) is 31.7 Å². The number of carbonyl (C=O) groups excluding carboxylic acids is 1. The molecule has 0 saturated carbocycles. The highest BCUT2D eigenvalue weighted by atomic mass is 16.1. The summed E-state index contributed by atoms with van der Waals surface area (Å²) in [6, 6.07) is 12.3. The van der Waals surface area contributed by atoms with Gasteiger partial charge in [-0.2, -0.15) is 5.26 Å². The summed E-state index contributed by atoms with van der Waals surface area (Å²) in [7, 11) is 0. The SMILES string of the molecule is CCCN(CCC)c1ccc(C(=O)Nc2cccc(C#N)c2)nn1. The van der Waals surface area contributed by atoms with E-state index in [4.69, 9.17) is 5.26 Å². The molecule has 6 nitrogen and oxygen atoms in total. The number of amides is 1. The van der Waals surface area contributed by atoms with E-state index < -0.39 is 0 Å². The van der Waals surface area contributed by atoms with Gasteiger partial charge in [-0.25, -0.2) is 0 Å². The predicted octanol–water partition coefficient (Wildman–Crippen LogP) is 3.23. The summed E-state index contributed by atoms with van der Waals surface area (Å²) in [5.41, 5.74) is 1.29. The van der Waals surface area contributed by atoms with Crippen molar-refractivity contribution in [1.29, 1.82) is 5.26 Å². The van der Waals surface area contributed by atoms with Gasteiger partial charge < -0.3 is 10.2 Å². The lowest BCUT2D eigenvalue weighted by molar-refractivity contribution is 0.102. The second kappa shape index (κ2) is 8.63. The Kier molecular flexibility index (Phi) is 6.26. The fourth-order valence-corrected chi connectivity index (χ4v) is 2.36. The van der Waals surface area contributed by atoms with Crippen LogP contribution in [0.2, 0.25) is 0 Å². The minimum Gasteiger partial charge on any atom is -0.355 e. The van der Waals surface area contributed by atoms with Crippen molar-refractivity contribution in [1.82, 2.24) is 10.2 Å². The molecule has 1 heterocycles. The van der Waals surface area contributed by atoms with Gasteiger partial charge in [0.05, 0.1) is 11.6 Å². The lowest BCUT2D eigenvalue weighted by atomic mass is 10.2. The van der Waals surface area contributed by atoms with Crippen LogP contribution in [-0.4, -0.2) is 29.2 Å². The van der Waals surface area contributed by atoms with Crippen molar-refractivity contribution in [3.8, 4) is 6.07 Å². The molecule has 6 heteroatoms. The van der Waals surface area contributed by atoms with Crippen molar-refractivity contribution in [2.75, 3.05) is 23.3 Å². The molecule has 1 aromatic heterocycles. The summed E-state index contributed by atoms with van der Waals surface area (Å²) in [4.78, 5) is 14.4. The van der Waals surface area contributed by atoms with Crippen LogP contribution in [0, 0.1) is 11.3 Å². The molecule has 0 fully saturated rings. The fourth-order valence-electron chi connectivity index (χ4n) is 2.36. The van der Waals surface area contributed by atoms with Gasteiger partial charge in [-0.05, 0) is 43.2 Å². The summed E-state index contributed by atoms with van der Waals surface area (Å²) in [5, 5.41) is 19.8. The Labute approximate surface area is 142 Å². The van der Waals surface area contributed by atoms with Crippen LogP contribution < -0.4 is 10.2 Å². The second-order valence-corrected chi connectivity index (χ2v) is 5.41. The van der Waals surface area contributed by atoms with Crippen molar-refractivity contribution in [2.45, 2.75) is 26.7 Å². The van der Waals surface area contributed by atoms with Crippen LogP contribution in [0.3, 0.4) is 0 Å². The van der Waals surface area contributed by atoms with Gasteiger partial charge in [-0.15, -0.1) is 10.2 Å². The van der Waals surface area contributed by atoms with E-state index in [1.165, 1.54) is 0 Å². The number of nitrogens with one attached hydrogen (secondary N) is 1. The Morgan fingerprint density at radius 1 is 1.17 bits per heavy atom. The lowest BCUT2D eigenvalue weighted by Gasteiger charge is -2.21. The van der Waals surface area contributed by atoms with Crippen molar-refractivity contribution in [3.05, 3.63) is 47.7 Å². The first-order valence-electron chi connectivity index (χ1n) is 8.08. The molecule has 0 bridgehead atoms. The van der Waals surface area contributed by atoms with Crippen LogP contribution in [0.5, 0.6) is 0 Å². The van der Waals surface area contributed by atoms with E-state index in [-0.39, 0.29) is 11.6 Å². The first-order valence-corrected chi connectivity index (χ1v) is 8.08. The van der Waals surface area contributed by atoms with Crippen LogP contribution in [0.15, 0.2) is 36.4 Å². The minimum atomic E-state index is -0.346. The molecule has 0 saturated heterocycles. The topological polar surface area (TPSA) is 81.9 Å². The molecule has 0 unspecified atom stereocenters. The molecule has 1 amide bonds. The number of benzene rings is 1. The van der Waals surface area contributed by atoms with E-state index in [1.54, 1.807) is 30.3 Å². The molecular weight excluding hydrogens is 302 g/mol. The summed E-state index contributed by atoms with van der Waals surface area (Å²) in [6.45, 7) is 6.06. The van der Waals surface area contributed by atoms with Gasteiger partial charge >= 0.3 is 0 Å². The van der Waals surface area contributed by atoms with Gasteiger partial charge in [-0.3, -0.25) is 4.79 Å². The molecule has 2 rings (SSSR count). The van der Waals surface area contributed by atoms with Gasteiger partial charge in [-0.1, -0.05) is 19.9 Å². The van der Waals surface area contributed by atoms with Crippen LogP contribution in [0.25, 0.3) is 0 Å². The second-order valence-electron chi connectivity index (χ2n) is 5.41. The van der Waals surface area contributed by atoms with Crippen molar-refractivity contribution < 1.29 is 4.79 Å². The van der Waals surface area contributed by atoms with E-state index in [1.807, 2.05) is 12.1 Å². The molecule has 0 radical (unpaired) electrons. The molecule has 1 N–H and O–H groups in total. The largest absolute Gasteiger partial charge is 0.355 e. The lowest BCUT2D eigenvalue weighted by Crippen LogP contribution is -2.26. The van der Waals surface area contributed by atoms with Gasteiger partial charge in [0.1, 0.15) is 0 Å². The molecule has 0 spiro atoms. The summed E-state index contributed by atoms with van der Waals surface area (Å²) < 4.78 is 0. The first-order chi connectivity index (χ1) is 11.7. The molecule has 0 aliphatic rings. The molecular formula is C18H21N5O. The third-order valence-corrected chi connectivity index (χ3v) is 3.44. The van der Waals surface area contributed by atoms with Crippen LogP contribution in [-0.2, 0) is 0 Å². The minimum absolute atomic E-state index is 0.244. The monoisotopic (exact) mass is 323 g/mol. The van der Waals surface area contributed by atoms with Gasteiger partial charge in [0.15, 0.2) is 11.5 Å². The third-order valence-electron chi connectivity index (χ3n) is 3.44. The first kappa shape index (κ1) is 17.4. The standard InChI is InChI=1S/C18H21N5O/c1-3-10-23(11-4-2)17-9-8-16(21-22-17)18(24)20-15-7-5-6-14(12-15)13-19/h5-9,12H,3-4,10-11H2,1-2H3,(H,20,24).